The molecule has 2 unspecified atom stereocenters. The first-order valence-corrected chi connectivity index (χ1v) is 4.45. The molecule has 0 heterocycles. The minimum atomic E-state index is -0.781. The van der Waals surface area contributed by atoms with Gasteiger partial charge < -0.3 is 5.11 Å². The first kappa shape index (κ1) is 11.4. The van der Waals surface area contributed by atoms with Gasteiger partial charge in [-0.15, -0.1) is 0 Å². The lowest BCUT2D eigenvalue weighted by Crippen LogP contribution is -2.32. The Morgan fingerprint density at radius 2 is 2.08 bits per heavy atom. The van der Waals surface area contributed by atoms with E-state index in [1.54, 1.807) is 6.92 Å². The SMILES string of the molecule is CCCCC(O)C(CC)[N+](=O)[O-]. The number of aliphatic hydroxyl groups excluding tert-OH is 1. The molecular weight excluding hydrogens is 158 g/mol. The highest BCUT2D eigenvalue weighted by Gasteiger charge is 2.26. The molecule has 0 aliphatic heterocycles. The van der Waals surface area contributed by atoms with Crippen molar-refractivity contribution in [3.05, 3.63) is 10.1 Å². The van der Waals surface area contributed by atoms with Crippen LogP contribution in [0.5, 0.6) is 0 Å². The topological polar surface area (TPSA) is 63.4 Å². The van der Waals surface area contributed by atoms with Crippen LogP contribution in [-0.2, 0) is 0 Å². The van der Waals surface area contributed by atoms with Crippen molar-refractivity contribution in [2.45, 2.75) is 51.7 Å². The van der Waals surface area contributed by atoms with Gasteiger partial charge in [-0.3, -0.25) is 10.1 Å². The Morgan fingerprint density at radius 1 is 1.50 bits per heavy atom. The summed E-state index contributed by atoms with van der Waals surface area (Å²) >= 11 is 0. The monoisotopic (exact) mass is 175 g/mol. The Hall–Kier alpha value is -0.640. The third-order valence-corrected chi connectivity index (χ3v) is 1.99. The number of unbranched alkanes of at least 4 members (excludes halogenated alkanes) is 1. The minimum absolute atomic E-state index is 0.389. The molecule has 0 saturated carbocycles. The second kappa shape index (κ2) is 5.94. The summed E-state index contributed by atoms with van der Waals surface area (Å²) in [5, 5.41) is 19.7. The van der Waals surface area contributed by atoms with Gasteiger partial charge >= 0.3 is 0 Å². The normalized spacial score (nSPS) is 15.6. The molecule has 0 spiro atoms. The number of nitrogens with zero attached hydrogens (tertiary/aromatic N) is 1. The molecule has 0 aliphatic rings. The highest BCUT2D eigenvalue weighted by molar-refractivity contribution is 4.65. The second-order valence-electron chi connectivity index (χ2n) is 2.97. The predicted octanol–water partition coefficient (Wildman–Crippen LogP) is 1.59. The second-order valence-corrected chi connectivity index (χ2v) is 2.97. The summed E-state index contributed by atoms with van der Waals surface area (Å²) in [6.07, 6.45) is 1.98. The molecule has 0 aliphatic carbocycles. The lowest BCUT2D eigenvalue weighted by atomic mass is 10.0. The van der Waals surface area contributed by atoms with E-state index < -0.39 is 12.1 Å². The lowest BCUT2D eigenvalue weighted by molar-refractivity contribution is -0.534. The van der Waals surface area contributed by atoms with E-state index >= 15 is 0 Å². The zero-order valence-electron chi connectivity index (χ0n) is 7.69. The molecule has 4 nitrogen and oxygen atoms in total. The summed E-state index contributed by atoms with van der Waals surface area (Å²) in [5.41, 5.74) is 0. The highest BCUT2D eigenvalue weighted by Crippen LogP contribution is 2.09. The Balaban J connectivity index is 3.85. The Bertz CT molecular complexity index is 138. The molecule has 0 radical (unpaired) electrons. The van der Waals surface area contributed by atoms with Crippen LogP contribution in [-0.4, -0.2) is 22.2 Å². The van der Waals surface area contributed by atoms with Crippen LogP contribution in [0.4, 0.5) is 0 Å². The van der Waals surface area contributed by atoms with Crippen LogP contribution in [0, 0.1) is 10.1 Å². The van der Waals surface area contributed by atoms with E-state index in [9.17, 15) is 15.2 Å². The predicted molar refractivity (Wildman–Crippen MR) is 46.6 cm³/mol. The van der Waals surface area contributed by atoms with Gasteiger partial charge in [0.1, 0.15) is 6.10 Å². The van der Waals surface area contributed by atoms with E-state index in [0.717, 1.165) is 12.8 Å². The molecular formula is C8H17NO3. The number of aliphatic hydroxyl groups is 1. The van der Waals surface area contributed by atoms with Gasteiger partial charge in [0.25, 0.3) is 0 Å². The summed E-state index contributed by atoms with van der Waals surface area (Å²) in [4.78, 5) is 9.99. The molecule has 0 aromatic heterocycles. The quantitative estimate of drug-likeness (QED) is 0.492. The van der Waals surface area contributed by atoms with E-state index in [-0.39, 0.29) is 4.92 Å². The van der Waals surface area contributed by atoms with E-state index in [1.165, 1.54) is 0 Å². The fraction of sp³-hybridized carbons (Fsp3) is 1.00. The summed E-state index contributed by atoms with van der Waals surface area (Å²) < 4.78 is 0. The van der Waals surface area contributed by atoms with Gasteiger partial charge in [-0.2, -0.15) is 0 Å². The van der Waals surface area contributed by atoms with Crippen LogP contribution < -0.4 is 0 Å². The average molecular weight is 175 g/mol. The molecule has 72 valence electrons. The molecule has 2 atom stereocenters. The number of nitro groups is 1. The van der Waals surface area contributed by atoms with Gasteiger partial charge in [0.15, 0.2) is 0 Å². The van der Waals surface area contributed by atoms with Crippen molar-refractivity contribution in [3.63, 3.8) is 0 Å². The fourth-order valence-corrected chi connectivity index (χ4v) is 1.17. The first-order chi connectivity index (χ1) is 5.63. The van der Waals surface area contributed by atoms with Gasteiger partial charge in [-0.25, -0.2) is 0 Å². The van der Waals surface area contributed by atoms with Crippen LogP contribution >= 0.6 is 0 Å². The summed E-state index contributed by atoms with van der Waals surface area (Å²) in [7, 11) is 0. The van der Waals surface area contributed by atoms with E-state index in [2.05, 4.69) is 0 Å². The standard InChI is InChI=1S/C8H17NO3/c1-3-5-6-8(10)7(4-2)9(11)12/h7-8,10H,3-6H2,1-2H3. The number of hydrogen-bond donors (Lipinski definition) is 1. The van der Waals surface area contributed by atoms with Crippen LogP contribution in [0.2, 0.25) is 0 Å². The van der Waals surface area contributed by atoms with Crippen LogP contribution in [0.25, 0.3) is 0 Å². The average Bonchev–Trinajstić information content (AvgIpc) is 2.01. The van der Waals surface area contributed by atoms with E-state index in [1.807, 2.05) is 6.92 Å². The van der Waals surface area contributed by atoms with Gasteiger partial charge in [0, 0.05) is 11.3 Å². The summed E-state index contributed by atoms with van der Waals surface area (Å²) in [6.45, 7) is 3.72. The largest absolute Gasteiger partial charge is 0.386 e. The minimum Gasteiger partial charge on any atom is -0.386 e. The molecule has 4 heteroatoms. The van der Waals surface area contributed by atoms with Crippen LogP contribution in [0.3, 0.4) is 0 Å². The van der Waals surface area contributed by atoms with E-state index in [4.69, 9.17) is 0 Å². The van der Waals surface area contributed by atoms with Gasteiger partial charge in [-0.05, 0) is 6.42 Å². The number of hydrogen-bond acceptors (Lipinski definition) is 3. The van der Waals surface area contributed by atoms with Crippen molar-refractivity contribution in [2.75, 3.05) is 0 Å². The molecule has 0 aromatic carbocycles. The third-order valence-electron chi connectivity index (χ3n) is 1.99. The summed E-state index contributed by atoms with van der Waals surface area (Å²) in [5.74, 6) is 0. The van der Waals surface area contributed by atoms with Crippen molar-refractivity contribution in [3.8, 4) is 0 Å². The lowest BCUT2D eigenvalue weighted by Gasteiger charge is -2.13. The van der Waals surface area contributed by atoms with Crippen molar-refractivity contribution >= 4 is 0 Å². The van der Waals surface area contributed by atoms with Gasteiger partial charge in [-0.1, -0.05) is 26.7 Å². The van der Waals surface area contributed by atoms with Crippen LogP contribution in [0.15, 0.2) is 0 Å². The zero-order chi connectivity index (χ0) is 9.56. The molecule has 0 amide bonds. The Kier molecular flexibility index (Phi) is 5.62. The molecule has 0 aromatic rings. The first-order valence-electron chi connectivity index (χ1n) is 4.45. The smallest absolute Gasteiger partial charge is 0.238 e. The highest BCUT2D eigenvalue weighted by atomic mass is 16.6. The maximum absolute atomic E-state index is 10.4. The Morgan fingerprint density at radius 3 is 2.42 bits per heavy atom. The molecule has 0 fully saturated rings. The zero-order valence-corrected chi connectivity index (χ0v) is 7.69. The Labute approximate surface area is 72.7 Å². The van der Waals surface area contributed by atoms with Crippen molar-refractivity contribution in [1.82, 2.24) is 0 Å². The van der Waals surface area contributed by atoms with Crippen molar-refractivity contribution in [1.29, 1.82) is 0 Å². The summed E-state index contributed by atoms with van der Waals surface area (Å²) in [6, 6.07) is -0.781. The molecule has 1 N–H and O–H groups in total. The number of rotatable bonds is 6. The molecule has 12 heavy (non-hydrogen) atoms. The van der Waals surface area contributed by atoms with Crippen molar-refractivity contribution < 1.29 is 10.0 Å². The van der Waals surface area contributed by atoms with Crippen LogP contribution in [0.1, 0.15) is 39.5 Å². The van der Waals surface area contributed by atoms with Crippen molar-refractivity contribution in [2.24, 2.45) is 0 Å². The van der Waals surface area contributed by atoms with Gasteiger partial charge in [0.2, 0.25) is 6.04 Å². The third kappa shape index (κ3) is 3.67. The molecule has 0 saturated heterocycles. The fourth-order valence-electron chi connectivity index (χ4n) is 1.17. The van der Waals surface area contributed by atoms with E-state index in [0.29, 0.717) is 12.8 Å². The maximum atomic E-state index is 10.4. The maximum Gasteiger partial charge on any atom is 0.238 e. The molecule has 0 bridgehead atoms. The molecule has 0 rings (SSSR count). The van der Waals surface area contributed by atoms with Gasteiger partial charge in [0.05, 0.1) is 0 Å².